The van der Waals surface area contributed by atoms with Gasteiger partial charge in [-0.05, 0) is 50.3 Å². The first kappa shape index (κ1) is 23.6. The topological polar surface area (TPSA) is 3.24 Å². The monoisotopic (exact) mass is 387 g/mol. The van der Waals surface area contributed by atoms with Crippen molar-refractivity contribution in [2.45, 2.75) is 78.7 Å². The molecule has 0 saturated carbocycles. The van der Waals surface area contributed by atoms with Crippen molar-refractivity contribution in [3.63, 3.8) is 0 Å². The number of nitrogens with zero attached hydrogens (tertiary/aromatic N) is 1. The Morgan fingerprint density at radius 1 is 1.07 bits per heavy atom. The van der Waals surface area contributed by atoms with Crippen LogP contribution in [0, 0.1) is 13.8 Å². The maximum absolute atomic E-state index is 5.88. The van der Waals surface area contributed by atoms with E-state index < -0.39 is 0 Å². The summed E-state index contributed by atoms with van der Waals surface area (Å²) in [5.41, 5.74) is 5.08. The van der Waals surface area contributed by atoms with Crippen LogP contribution in [0.25, 0.3) is 0 Å². The molecule has 1 aliphatic rings. The molecule has 2 heteroatoms. The number of halogens is 1. The third kappa shape index (κ3) is 7.97. The number of benzene rings is 1. The van der Waals surface area contributed by atoms with E-state index in [0.717, 1.165) is 22.6 Å². The Morgan fingerprint density at radius 3 is 2.26 bits per heavy atom. The van der Waals surface area contributed by atoms with Crippen molar-refractivity contribution in [2.24, 2.45) is 0 Å². The van der Waals surface area contributed by atoms with Gasteiger partial charge in [0, 0.05) is 17.8 Å². The van der Waals surface area contributed by atoms with Crippen LogP contribution < -0.4 is 0 Å². The normalized spacial score (nSPS) is 15.9. The first-order chi connectivity index (χ1) is 12.9. The van der Waals surface area contributed by atoms with Crippen LogP contribution in [-0.2, 0) is 0 Å². The number of aryl methyl sites for hydroxylation is 2. The second-order valence-electron chi connectivity index (χ2n) is 7.48. The third-order valence-electron chi connectivity index (χ3n) is 5.22. The highest BCUT2D eigenvalue weighted by Crippen LogP contribution is 2.24. The minimum absolute atomic E-state index is 0.413. The molecule has 1 nitrogen and oxygen atoms in total. The van der Waals surface area contributed by atoms with E-state index in [1.54, 1.807) is 0 Å². The quantitative estimate of drug-likeness (QED) is 0.322. The molecule has 0 aromatic heterocycles. The number of allylic oxidation sites excluding steroid dienone is 3. The third-order valence-corrected chi connectivity index (χ3v) is 5.82. The molecule has 1 aromatic rings. The lowest BCUT2D eigenvalue weighted by Crippen LogP contribution is -2.32. The van der Waals surface area contributed by atoms with E-state index in [4.69, 9.17) is 11.6 Å². The van der Waals surface area contributed by atoms with Crippen molar-refractivity contribution in [2.75, 3.05) is 7.05 Å². The Kier molecular flexibility index (Phi) is 11.2. The van der Waals surface area contributed by atoms with Crippen LogP contribution in [-0.4, -0.2) is 18.0 Å². The largest absolute Gasteiger partial charge is 0.368 e. The highest BCUT2D eigenvalue weighted by atomic mass is 35.5. The number of rotatable bonds is 8. The summed E-state index contributed by atoms with van der Waals surface area (Å²) in [6.07, 6.45) is 15.6. The lowest BCUT2D eigenvalue weighted by Gasteiger charge is -2.33. The molecule has 1 aromatic carbocycles. The van der Waals surface area contributed by atoms with Crippen molar-refractivity contribution in [3.05, 3.63) is 70.4 Å². The summed E-state index contributed by atoms with van der Waals surface area (Å²) >= 11 is 5.88. The van der Waals surface area contributed by atoms with E-state index in [2.05, 4.69) is 50.6 Å². The molecular formula is C25H38ClN. The minimum atomic E-state index is 0.413. The summed E-state index contributed by atoms with van der Waals surface area (Å²) in [7, 11) is 2.19. The molecule has 0 spiro atoms. The summed E-state index contributed by atoms with van der Waals surface area (Å²) < 4.78 is 0. The summed E-state index contributed by atoms with van der Waals surface area (Å²) in [5.74, 6) is 0. The molecule has 1 heterocycles. The number of likely N-dealkylation sites (N-methyl/N-ethyl adjacent to an activating group) is 1. The van der Waals surface area contributed by atoms with Gasteiger partial charge in [-0.25, -0.2) is 0 Å². The van der Waals surface area contributed by atoms with Gasteiger partial charge in [0.2, 0.25) is 0 Å². The molecule has 2 rings (SSSR count). The standard InChI is InChI=1S/C17H29N.C8H9Cl/c1-5-7-8-9-10-12-15(3)17-14-11-13-16(6-2)18(17)4;1-6-4-3-5-7(2)8(6)9/h11,13-14,17H,3,5-10,12H2,1-2,4H3;3-5H,1-2H3. The Hall–Kier alpha value is -1.47. The Balaban J connectivity index is 0.000000337. The van der Waals surface area contributed by atoms with Crippen molar-refractivity contribution in [1.29, 1.82) is 0 Å². The Labute approximate surface area is 172 Å². The first-order valence-corrected chi connectivity index (χ1v) is 10.8. The first-order valence-electron chi connectivity index (χ1n) is 10.4. The lowest BCUT2D eigenvalue weighted by molar-refractivity contribution is 0.364. The van der Waals surface area contributed by atoms with Gasteiger partial charge in [0.1, 0.15) is 0 Å². The van der Waals surface area contributed by atoms with Crippen molar-refractivity contribution < 1.29 is 0 Å². The van der Waals surface area contributed by atoms with Crippen LogP contribution in [0.4, 0.5) is 0 Å². The van der Waals surface area contributed by atoms with Crippen LogP contribution in [0.1, 0.15) is 69.9 Å². The van der Waals surface area contributed by atoms with Gasteiger partial charge in [0.15, 0.2) is 0 Å². The van der Waals surface area contributed by atoms with Gasteiger partial charge in [-0.3, -0.25) is 0 Å². The molecule has 1 unspecified atom stereocenters. The van der Waals surface area contributed by atoms with Gasteiger partial charge >= 0.3 is 0 Å². The molecule has 27 heavy (non-hydrogen) atoms. The van der Waals surface area contributed by atoms with Crippen LogP contribution in [0.5, 0.6) is 0 Å². The summed E-state index contributed by atoms with van der Waals surface area (Å²) in [5, 5.41) is 0.887. The van der Waals surface area contributed by atoms with E-state index in [-0.39, 0.29) is 0 Å². The molecule has 1 aliphatic heterocycles. The molecule has 0 amide bonds. The molecule has 0 fully saturated rings. The van der Waals surface area contributed by atoms with Crippen LogP contribution in [0.15, 0.2) is 54.3 Å². The molecule has 0 aliphatic carbocycles. The fourth-order valence-corrected chi connectivity index (χ4v) is 3.50. The van der Waals surface area contributed by atoms with Gasteiger partial charge in [0.05, 0.1) is 6.04 Å². The zero-order valence-corrected chi connectivity index (χ0v) is 18.8. The predicted molar refractivity (Wildman–Crippen MR) is 123 cm³/mol. The van der Waals surface area contributed by atoms with Crippen molar-refractivity contribution in [1.82, 2.24) is 4.90 Å². The van der Waals surface area contributed by atoms with Crippen LogP contribution >= 0.6 is 11.6 Å². The second-order valence-corrected chi connectivity index (χ2v) is 7.86. The van der Waals surface area contributed by atoms with E-state index in [1.807, 2.05) is 32.0 Å². The zero-order valence-electron chi connectivity index (χ0n) is 18.0. The molecule has 150 valence electrons. The highest BCUT2D eigenvalue weighted by Gasteiger charge is 2.18. The van der Waals surface area contributed by atoms with Gasteiger partial charge < -0.3 is 4.90 Å². The maximum Gasteiger partial charge on any atom is 0.0680 e. The molecule has 0 bridgehead atoms. The van der Waals surface area contributed by atoms with Crippen LogP contribution in [0.2, 0.25) is 5.02 Å². The number of hydrogen-bond donors (Lipinski definition) is 0. The fourth-order valence-electron chi connectivity index (χ4n) is 3.37. The van der Waals surface area contributed by atoms with Gasteiger partial charge in [-0.2, -0.15) is 0 Å². The number of hydrogen-bond acceptors (Lipinski definition) is 1. The van der Waals surface area contributed by atoms with E-state index >= 15 is 0 Å². The second kappa shape index (κ2) is 12.8. The smallest absolute Gasteiger partial charge is 0.0680 e. The zero-order chi connectivity index (χ0) is 20.2. The van der Waals surface area contributed by atoms with E-state index in [1.165, 1.54) is 49.8 Å². The maximum atomic E-state index is 5.88. The molecular weight excluding hydrogens is 350 g/mol. The molecule has 0 saturated heterocycles. The van der Waals surface area contributed by atoms with E-state index in [0.29, 0.717) is 6.04 Å². The molecule has 1 atom stereocenters. The summed E-state index contributed by atoms with van der Waals surface area (Å²) in [6.45, 7) is 12.8. The van der Waals surface area contributed by atoms with Gasteiger partial charge in [0.25, 0.3) is 0 Å². The average molecular weight is 388 g/mol. The van der Waals surface area contributed by atoms with Crippen LogP contribution in [0.3, 0.4) is 0 Å². The molecule has 0 radical (unpaired) electrons. The average Bonchev–Trinajstić information content (AvgIpc) is 2.66. The molecule has 0 N–H and O–H groups in total. The summed E-state index contributed by atoms with van der Waals surface area (Å²) in [6, 6.07) is 6.44. The summed E-state index contributed by atoms with van der Waals surface area (Å²) in [4.78, 5) is 2.37. The van der Waals surface area contributed by atoms with E-state index in [9.17, 15) is 0 Å². The Morgan fingerprint density at radius 2 is 1.70 bits per heavy atom. The van der Waals surface area contributed by atoms with Gasteiger partial charge in [-0.1, -0.05) is 93.6 Å². The SMILES string of the molecule is C=C(CCCCCCC)C1C=CC=C(CC)N1C.Cc1cccc(C)c1Cl. The highest BCUT2D eigenvalue weighted by molar-refractivity contribution is 6.32. The lowest BCUT2D eigenvalue weighted by atomic mass is 9.97. The predicted octanol–water partition coefficient (Wildman–Crippen LogP) is 8.02. The van der Waals surface area contributed by atoms with Crippen molar-refractivity contribution in [3.8, 4) is 0 Å². The Bertz CT molecular complexity index is 621. The van der Waals surface area contributed by atoms with Gasteiger partial charge in [-0.15, -0.1) is 0 Å². The fraction of sp³-hybridized carbons (Fsp3) is 0.520. The van der Waals surface area contributed by atoms with Crippen molar-refractivity contribution >= 4 is 11.6 Å². The minimum Gasteiger partial charge on any atom is -0.368 e. The number of unbranched alkanes of at least 4 members (excludes halogenated alkanes) is 4.